The van der Waals surface area contributed by atoms with Crippen molar-refractivity contribution in [1.29, 1.82) is 0 Å². The Morgan fingerprint density at radius 3 is 2.78 bits per heavy atom. The summed E-state index contributed by atoms with van der Waals surface area (Å²) in [5.41, 5.74) is 1.13. The average Bonchev–Trinajstić information content (AvgIpc) is 3.27. The van der Waals surface area contributed by atoms with Gasteiger partial charge in [-0.25, -0.2) is 0 Å². The van der Waals surface area contributed by atoms with Crippen LogP contribution in [0.5, 0.6) is 17.2 Å². The quantitative estimate of drug-likeness (QED) is 0.741. The van der Waals surface area contributed by atoms with Gasteiger partial charge in [0.05, 0.1) is 19.3 Å². The van der Waals surface area contributed by atoms with Crippen LogP contribution in [0.1, 0.15) is 43.7 Å². The first-order chi connectivity index (χ1) is 15.6. The van der Waals surface area contributed by atoms with Crippen molar-refractivity contribution in [2.24, 2.45) is 5.92 Å². The molecule has 1 aliphatic carbocycles. The minimum atomic E-state index is -0.678. The highest BCUT2D eigenvalue weighted by atomic mass is 16.7. The topological polar surface area (TPSA) is 80.3 Å². The molecule has 5 rings (SSSR count). The van der Waals surface area contributed by atoms with E-state index in [1.165, 1.54) is 0 Å². The van der Waals surface area contributed by atoms with E-state index in [-0.39, 0.29) is 31.2 Å². The molecule has 2 aromatic carbocycles. The van der Waals surface area contributed by atoms with E-state index in [4.69, 9.17) is 14.2 Å². The molecule has 1 saturated carbocycles. The van der Waals surface area contributed by atoms with Gasteiger partial charge in [-0.1, -0.05) is 18.9 Å². The largest absolute Gasteiger partial charge is 0.497 e. The van der Waals surface area contributed by atoms with Gasteiger partial charge in [0, 0.05) is 24.2 Å². The minimum Gasteiger partial charge on any atom is -0.497 e. The maximum atomic E-state index is 12.9. The minimum absolute atomic E-state index is 0.0508. The van der Waals surface area contributed by atoms with Crippen molar-refractivity contribution in [3.05, 3.63) is 48.0 Å². The van der Waals surface area contributed by atoms with Gasteiger partial charge in [-0.15, -0.1) is 0 Å². The number of nitrogens with zero attached hydrogens (tertiary/aromatic N) is 1. The summed E-state index contributed by atoms with van der Waals surface area (Å²) < 4.78 is 16.3. The van der Waals surface area contributed by atoms with Gasteiger partial charge in [-0.2, -0.15) is 0 Å². The van der Waals surface area contributed by atoms with Gasteiger partial charge in [-0.05, 0) is 61.2 Å². The highest BCUT2D eigenvalue weighted by Crippen LogP contribution is 2.50. The first-order valence-corrected chi connectivity index (χ1v) is 11.4. The van der Waals surface area contributed by atoms with Gasteiger partial charge < -0.3 is 24.6 Å². The fourth-order valence-electron chi connectivity index (χ4n) is 5.52. The maximum absolute atomic E-state index is 12.9. The number of fused-ring (bicyclic) bond motifs is 2. The number of aliphatic hydroxyl groups is 1. The molecule has 2 heterocycles. The molecule has 32 heavy (non-hydrogen) atoms. The molecule has 0 bridgehead atoms. The third-order valence-electron chi connectivity index (χ3n) is 7.13. The van der Waals surface area contributed by atoms with Crippen molar-refractivity contribution < 1.29 is 24.1 Å². The number of hydrogen-bond acceptors (Lipinski definition) is 6. The molecular weight excluding hydrogens is 408 g/mol. The Balaban J connectivity index is 1.38. The lowest BCUT2D eigenvalue weighted by molar-refractivity contribution is -0.135. The Hall–Kier alpha value is -2.77. The highest BCUT2D eigenvalue weighted by molar-refractivity contribution is 5.92. The SMILES string of the molecule is COc1ccc(NC(=O)CN2CCC3(O)CCCCC3C2c2ccc3c(c2)OCO3)cc1. The molecule has 2 aromatic rings. The molecule has 3 unspecified atom stereocenters. The lowest BCUT2D eigenvalue weighted by Crippen LogP contribution is -2.56. The third-order valence-corrected chi connectivity index (χ3v) is 7.13. The summed E-state index contributed by atoms with van der Waals surface area (Å²) in [6, 6.07) is 13.3. The van der Waals surface area contributed by atoms with E-state index in [2.05, 4.69) is 10.2 Å². The summed E-state index contributed by atoms with van der Waals surface area (Å²) in [4.78, 5) is 15.2. The zero-order valence-corrected chi connectivity index (χ0v) is 18.4. The number of hydrogen-bond donors (Lipinski definition) is 2. The molecule has 1 amide bonds. The highest BCUT2D eigenvalue weighted by Gasteiger charge is 2.49. The van der Waals surface area contributed by atoms with E-state index in [0.29, 0.717) is 13.0 Å². The predicted molar refractivity (Wildman–Crippen MR) is 120 cm³/mol. The smallest absolute Gasteiger partial charge is 0.238 e. The van der Waals surface area contributed by atoms with Gasteiger partial charge in [0.25, 0.3) is 0 Å². The summed E-state index contributed by atoms with van der Waals surface area (Å²) in [7, 11) is 1.62. The standard InChI is InChI=1S/C25H30N2O5/c1-30-19-8-6-18(7-9-19)26-23(28)15-27-13-12-25(29)11-3-2-4-20(25)24(27)17-5-10-21-22(14-17)32-16-31-21/h5-10,14,20,24,29H,2-4,11-13,15-16H2,1H3,(H,26,28). The van der Waals surface area contributed by atoms with Crippen LogP contribution in [0.2, 0.25) is 0 Å². The number of anilines is 1. The summed E-state index contributed by atoms with van der Waals surface area (Å²) in [6.07, 6.45) is 4.62. The number of benzene rings is 2. The van der Waals surface area contributed by atoms with Crippen molar-refractivity contribution in [3.63, 3.8) is 0 Å². The molecule has 170 valence electrons. The second-order valence-electron chi connectivity index (χ2n) is 9.01. The van der Waals surface area contributed by atoms with E-state index in [1.54, 1.807) is 7.11 Å². The second-order valence-corrected chi connectivity index (χ2v) is 9.01. The number of ether oxygens (including phenoxy) is 3. The normalized spacial score (nSPS) is 26.9. The Morgan fingerprint density at radius 1 is 1.16 bits per heavy atom. The zero-order chi connectivity index (χ0) is 22.1. The number of amides is 1. The lowest BCUT2D eigenvalue weighted by Gasteiger charge is -2.52. The van der Waals surface area contributed by atoms with E-state index in [0.717, 1.165) is 54.2 Å². The fraction of sp³-hybridized carbons (Fsp3) is 0.480. The van der Waals surface area contributed by atoms with Crippen LogP contribution in [0.15, 0.2) is 42.5 Å². The first kappa shape index (κ1) is 21.1. The molecule has 3 atom stereocenters. The van der Waals surface area contributed by atoms with Crippen LogP contribution >= 0.6 is 0 Å². The van der Waals surface area contributed by atoms with Crippen molar-refractivity contribution in [1.82, 2.24) is 4.90 Å². The van der Waals surface area contributed by atoms with Crippen LogP contribution < -0.4 is 19.5 Å². The number of likely N-dealkylation sites (tertiary alicyclic amines) is 1. The van der Waals surface area contributed by atoms with Crippen LogP contribution in [0.25, 0.3) is 0 Å². The summed E-state index contributed by atoms with van der Waals surface area (Å²) >= 11 is 0. The summed E-state index contributed by atoms with van der Waals surface area (Å²) in [5, 5.41) is 14.5. The number of piperidine rings is 1. The van der Waals surface area contributed by atoms with E-state index in [9.17, 15) is 9.90 Å². The van der Waals surface area contributed by atoms with Crippen molar-refractivity contribution >= 4 is 11.6 Å². The maximum Gasteiger partial charge on any atom is 0.238 e. The molecule has 1 saturated heterocycles. The van der Waals surface area contributed by atoms with Crippen molar-refractivity contribution in [3.8, 4) is 17.2 Å². The molecule has 2 fully saturated rings. The first-order valence-electron chi connectivity index (χ1n) is 11.4. The van der Waals surface area contributed by atoms with E-state index in [1.807, 2.05) is 42.5 Å². The molecule has 0 aromatic heterocycles. The van der Waals surface area contributed by atoms with E-state index < -0.39 is 5.60 Å². The van der Waals surface area contributed by atoms with Crippen LogP contribution in [-0.4, -0.2) is 48.5 Å². The van der Waals surface area contributed by atoms with Crippen molar-refractivity contribution in [2.45, 2.75) is 43.7 Å². The molecule has 2 aliphatic heterocycles. The number of carbonyl (C=O) groups is 1. The predicted octanol–water partition coefficient (Wildman–Crippen LogP) is 3.73. The van der Waals surface area contributed by atoms with Gasteiger partial charge >= 0.3 is 0 Å². The number of nitrogens with one attached hydrogen (secondary N) is 1. The lowest BCUT2D eigenvalue weighted by atomic mass is 9.66. The van der Waals surface area contributed by atoms with Crippen molar-refractivity contribution in [2.75, 3.05) is 32.3 Å². The second kappa shape index (κ2) is 8.64. The Bertz CT molecular complexity index is 979. The molecule has 7 heteroatoms. The monoisotopic (exact) mass is 438 g/mol. The van der Waals surface area contributed by atoms with Gasteiger partial charge in [0.2, 0.25) is 12.7 Å². The Labute approximate surface area is 188 Å². The summed E-state index contributed by atoms with van der Waals surface area (Å²) in [6.45, 7) is 1.16. The van der Waals surface area contributed by atoms with Gasteiger partial charge in [0.1, 0.15) is 5.75 Å². The molecule has 3 aliphatic rings. The fourth-order valence-corrected chi connectivity index (χ4v) is 5.52. The van der Waals surface area contributed by atoms with Crippen LogP contribution in [-0.2, 0) is 4.79 Å². The van der Waals surface area contributed by atoms with Crippen LogP contribution in [0.3, 0.4) is 0 Å². The molecule has 0 radical (unpaired) electrons. The molecular formula is C25H30N2O5. The third kappa shape index (κ3) is 4.02. The Kier molecular flexibility index (Phi) is 5.69. The molecule has 0 spiro atoms. The average molecular weight is 439 g/mol. The Morgan fingerprint density at radius 2 is 1.97 bits per heavy atom. The van der Waals surface area contributed by atoms with Gasteiger partial charge in [-0.3, -0.25) is 9.69 Å². The summed E-state index contributed by atoms with van der Waals surface area (Å²) in [5.74, 6) is 2.24. The van der Waals surface area contributed by atoms with Gasteiger partial charge in [0.15, 0.2) is 11.5 Å². The van der Waals surface area contributed by atoms with E-state index >= 15 is 0 Å². The van der Waals surface area contributed by atoms with Crippen LogP contribution in [0.4, 0.5) is 5.69 Å². The number of rotatable bonds is 5. The number of methoxy groups -OCH3 is 1. The van der Waals surface area contributed by atoms with Crippen LogP contribution in [0, 0.1) is 5.92 Å². The zero-order valence-electron chi connectivity index (χ0n) is 18.4. The molecule has 7 nitrogen and oxygen atoms in total. The molecule has 2 N–H and O–H groups in total. The number of carbonyl (C=O) groups excluding carboxylic acids is 1.